The Kier molecular flexibility index (Phi) is 4.22. The number of rotatable bonds is 4. The standard InChI is InChI=1S/C16H21N3O2/c1-21-15-12-18(9-7-14(15)20)16-8-10-19(17-16)11-13-5-3-2-4-6-13/h2-6,8,10,14-15,20H,7,9,11-12H2,1H3/t14?,15-/m0/s1. The van der Waals surface area contributed by atoms with Crippen molar-refractivity contribution in [1.29, 1.82) is 0 Å². The molecular formula is C16H21N3O2. The van der Waals surface area contributed by atoms with Crippen LogP contribution in [-0.2, 0) is 11.3 Å². The van der Waals surface area contributed by atoms with Crippen LogP contribution < -0.4 is 4.90 Å². The molecule has 3 rings (SSSR count). The second-order valence-electron chi connectivity index (χ2n) is 5.43. The fourth-order valence-electron chi connectivity index (χ4n) is 2.72. The molecule has 1 aromatic carbocycles. The summed E-state index contributed by atoms with van der Waals surface area (Å²) in [5.41, 5.74) is 1.23. The van der Waals surface area contributed by atoms with Crippen molar-refractivity contribution in [2.75, 3.05) is 25.1 Å². The van der Waals surface area contributed by atoms with Gasteiger partial charge in [-0.2, -0.15) is 5.10 Å². The summed E-state index contributed by atoms with van der Waals surface area (Å²) >= 11 is 0. The SMILES string of the molecule is CO[C@H]1CN(c2ccn(Cc3ccccc3)n2)CCC1O. The van der Waals surface area contributed by atoms with E-state index in [1.807, 2.05) is 35.1 Å². The van der Waals surface area contributed by atoms with E-state index in [9.17, 15) is 5.11 Å². The molecule has 112 valence electrons. The van der Waals surface area contributed by atoms with Gasteiger partial charge in [0.05, 0.1) is 12.6 Å². The highest BCUT2D eigenvalue weighted by atomic mass is 16.5. The second-order valence-corrected chi connectivity index (χ2v) is 5.43. The summed E-state index contributed by atoms with van der Waals surface area (Å²) in [5, 5.41) is 14.5. The first-order valence-corrected chi connectivity index (χ1v) is 7.29. The molecule has 0 saturated carbocycles. The third kappa shape index (κ3) is 3.25. The molecular weight excluding hydrogens is 266 g/mol. The molecule has 1 N–H and O–H groups in total. The van der Waals surface area contributed by atoms with Crippen molar-refractivity contribution in [3.8, 4) is 0 Å². The van der Waals surface area contributed by atoms with Gasteiger partial charge in [-0.05, 0) is 12.0 Å². The second kappa shape index (κ2) is 6.28. The lowest BCUT2D eigenvalue weighted by molar-refractivity contribution is -0.0207. The van der Waals surface area contributed by atoms with Gasteiger partial charge in [0.1, 0.15) is 6.10 Å². The number of aliphatic hydroxyl groups is 1. The van der Waals surface area contributed by atoms with E-state index < -0.39 is 0 Å². The van der Waals surface area contributed by atoms with Crippen LogP contribution in [-0.4, -0.2) is 47.3 Å². The van der Waals surface area contributed by atoms with E-state index in [4.69, 9.17) is 4.74 Å². The van der Waals surface area contributed by atoms with Gasteiger partial charge in [0.15, 0.2) is 5.82 Å². The molecule has 0 bridgehead atoms. The van der Waals surface area contributed by atoms with Crippen molar-refractivity contribution in [3.05, 3.63) is 48.2 Å². The van der Waals surface area contributed by atoms with Crippen LogP contribution in [0.15, 0.2) is 42.6 Å². The zero-order valence-electron chi connectivity index (χ0n) is 12.2. The van der Waals surface area contributed by atoms with Crippen molar-refractivity contribution < 1.29 is 9.84 Å². The number of benzene rings is 1. The largest absolute Gasteiger partial charge is 0.390 e. The Morgan fingerprint density at radius 1 is 1.29 bits per heavy atom. The zero-order valence-corrected chi connectivity index (χ0v) is 12.2. The van der Waals surface area contributed by atoms with Crippen LogP contribution in [0.5, 0.6) is 0 Å². The summed E-state index contributed by atoms with van der Waals surface area (Å²) in [5.74, 6) is 0.944. The van der Waals surface area contributed by atoms with Gasteiger partial charge < -0.3 is 14.7 Å². The Labute approximate surface area is 124 Å². The van der Waals surface area contributed by atoms with Crippen LogP contribution in [0, 0.1) is 0 Å². The van der Waals surface area contributed by atoms with Crippen LogP contribution in [0.2, 0.25) is 0 Å². The van der Waals surface area contributed by atoms with Gasteiger partial charge in [-0.1, -0.05) is 30.3 Å². The van der Waals surface area contributed by atoms with E-state index in [1.165, 1.54) is 5.56 Å². The van der Waals surface area contributed by atoms with Crippen molar-refractivity contribution in [1.82, 2.24) is 9.78 Å². The first-order valence-electron chi connectivity index (χ1n) is 7.29. The van der Waals surface area contributed by atoms with Crippen LogP contribution in [0.3, 0.4) is 0 Å². The molecule has 1 aliphatic rings. The molecule has 0 radical (unpaired) electrons. The number of piperidine rings is 1. The molecule has 21 heavy (non-hydrogen) atoms. The van der Waals surface area contributed by atoms with Crippen LogP contribution in [0.25, 0.3) is 0 Å². The molecule has 0 aliphatic carbocycles. The van der Waals surface area contributed by atoms with E-state index in [-0.39, 0.29) is 12.2 Å². The Balaban J connectivity index is 1.67. The maximum Gasteiger partial charge on any atom is 0.150 e. The van der Waals surface area contributed by atoms with Gasteiger partial charge in [0.25, 0.3) is 0 Å². The summed E-state index contributed by atoms with van der Waals surface area (Å²) in [6.07, 6.45) is 2.19. The average molecular weight is 287 g/mol. The van der Waals surface area contributed by atoms with E-state index in [0.717, 1.165) is 18.9 Å². The number of anilines is 1. The van der Waals surface area contributed by atoms with E-state index >= 15 is 0 Å². The number of nitrogens with zero attached hydrogens (tertiary/aromatic N) is 3. The number of hydrogen-bond donors (Lipinski definition) is 1. The number of ether oxygens (including phenoxy) is 1. The first kappa shape index (κ1) is 14.1. The predicted octanol–water partition coefficient (Wildman–Crippen LogP) is 1.52. The Morgan fingerprint density at radius 3 is 2.86 bits per heavy atom. The average Bonchev–Trinajstić information content (AvgIpc) is 2.97. The molecule has 5 nitrogen and oxygen atoms in total. The Morgan fingerprint density at radius 2 is 2.10 bits per heavy atom. The maximum atomic E-state index is 9.86. The quantitative estimate of drug-likeness (QED) is 0.926. The smallest absolute Gasteiger partial charge is 0.150 e. The summed E-state index contributed by atoms with van der Waals surface area (Å²) in [7, 11) is 1.64. The molecule has 1 unspecified atom stereocenters. The summed E-state index contributed by atoms with van der Waals surface area (Å²) < 4.78 is 7.27. The van der Waals surface area contributed by atoms with Gasteiger partial charge in [0, 0.05) is 32.5 Å². The molecule has 1 saturated heterocycles. The van der Waals surface area contributed by atoms with E-state index in [2.05, 4.69) is 22.1 Å². The van der Waals surface area contributed by atoms with Crippen LogP contribution in [0.1, 0.15) is 12.0 Å². The van der Waals surface area contributed by atoms with Crippen molar-refractivity contribution in [3.63, 3.8) is 0 Å². The Hall–Kier alpha value is -1.85. The molecule has 1 aliphatic heterocycles. The normalized spacial score (nSPS) is 22.5. The number of aliphatic hydroxyl groups excluding tert-OH is 1. The molecule has 5 heteroatoms. The van der Waals surface area contributed by atoms with Crippen molar-refractivity contribution in [2.24, 2.45) is 0 Å². The highest BCUT2D eigenvalue weighted by Crippen LogP contribution is 2.20. The first-order chi connectivity index (χ1) is 10.3. The fourth-order valence-corrected chi connectivity index (χ4v) is 2.72. The molecule has 2 heterocycles. The number of hydrogen-bond acceptors (Lipinski definition) is 4. The molecule has 0 spiro atoms. The minimum Gasteiger partial charge on any atom is -0.390 e. The predicted molar refractivity (Wildman–Crippen MR) is 81.4 cm³/mol. The lowest BCUT2D eigenvalue weighted by atomic mass is 10.1. The summed E-state index contributed by atoms with van der Waals surface area (Å²) in [6, 6.07) is 12.3. The third-order valence-corrected chi connectivity index (χ3v) is 3.96. The van der Waals surface area contributed by atoms with Gasteiger partial charge in [0.2, 0.25) is 0 Å². The fraction of sp³-hybridized carbons (Fsp3) is 0.438. The van der Waals surface area contributed by atoms with Crippen LogP contribution in [0.4, 0.5) is 5.82 Å². The third-order valence-electron chi connectivity index (χ3n) is 3.96. The maximum absolute atomic E-state index is 9.86. The van der Waals surface area contributed by atoms with Crippen LogP contribution >= 0.6 is 0 Å². The van der Waals surface area contributed by atoms with Gasteiger partial charge in [-0.25, -0.2) is 0 Å². The van der Waals surface area contributed by atoms with Gasteiger partial charge in [-0.3, -0.25) is 4.68 Å². The molecule has 1 fully saturated rings. The van der Waals surface area contributed by atoms with Crippen molar-refractivity contribution >= 4 is 5.82 Å². The van der Waals surface area contributed by atoms with E-state index in [0.29, 0.717) is 13.0 Å². The lowest BCUT2D eigenvalue weighted by Crippen LogP contribution is -2.47. The van der Waals surface area contributed by atoms with Gasteiger partial charge in [-0.15, -0.1) is 0 Å². The number of methoxy groups -OCH3 is 1. The van der Waals surface area contributed by atoms with Gasteiger partial charge >= 0.3 is 0 Å². The molecule has 0 amide bonds. The highest BCUT2D eigenvalue weighted by Gasteiger charge is 2.28. The minimum absolute atomic E-state index is 0.141. The van der Waals surface area contributed by atoms with Crippen molar-refractivity contribution in [2.45, 2.75) is 25.2 Å². The molecule has 2 aromatic rings. The van der Waals surface area contributed by atoms with E-state index in [1.54, 1.807) is 7.11 Å². The minimum atomic E-state index is -0.377. The Bertz CT molecular complexity index is 570. The topological polar surface area (TPSA) is 50.5 Å². The molecule has 2 atom stereocenters. The highest BCUT2D eigenvalue weighted by molar-refractivity contribution is 5.38. The monoisotopic (exact) mass is 287 g/mol. The summed E-state index contributed by atoms with van der Waals surface area (Å²) in [6.45, 7) is 2.26. The number of aromatic nitrogens is 2. The summed E-state index contributed by atoms with van der Waals surface area (Å²) in [4.78, 5) is 2.17. The zero-order chi connectivity index (χ0) is 14.7. The molecule has 1 aromatic heterocycles. The lowest BCUT2D eigenvalue weighted by Gasteiger charge is -2.35.